The SMILES string of the molecule is C=Cc1nc(Cc2cn(-c3ccc(Cl)cc3)c(-c3ccccc3OC)n2)[nH]c1/C=C\C. The number of imidazole rings is 2. The first-order chi connectivity index (χ1) is 15.1. The van der Waals surface area contributed by atoms with Gasteiger partial charge in [0, 0.05) is 23.3 Å². The summed E-state index contributed by atoms with van der Waals surface area (Å²) < 4.78 is 7.64. The molecule has 5 nitrogen and oxygen atoms in total. The number of methoxy groups -OCH3 is 1. The Bertz CT molecular complexity index is 1230. The van der Waals surface area contributed by atoms with Gasteiger partial charge in [0.2, 0.25) is 0 Å². The second-order valence-electron chi connectivity index (χ2n) is 6.97. The Kier molecular flexibility index (Phi) is 6.05. The van der Waals surface area contributed by atoms with Crippen LogP contribution in [0.5, 0.6) is 5.75 Å². The molecule has 0 amide bonds. The molecule has 0 unspecified atom stereocenters. The van der Waals surface area contributed by atoms with Crippen molar-refractivity contribution in [3.63, 3.8) is 0 Å². The number of allylic oxidation sites excluding steroid dienone is 1. The number of hydrogen-bond donors (Lipinski definition) is 1. The van der Waals surface area contributed by atoms with Crippen molar-refractivity contribution in [2.45, 2.75) is 13.3 Å². The predicted molar refractivity (Wildman–Crippen MR) is 127 cm³/mol. The molecule has 31 heavy (non-hydrogen) atoms. The third kappa shape index (κ3) is 4.32. The van der Waals surface area contributed by atoms with Gasteiger partial charge in [-0.1, -0.05) is 36.4 Å². The van der Waals surface area contributed by atoms with Crippen LogP contribution in [-0.2, 0) is 6.42 Å². The van der Waals surface area contributed by atoms with Gasteiger partial charge in [-0.25, -0.2) is 9.97 Å². The monoisotopic (exact) mass is 430 g/mol. The molecule has 0 fully saturated rings. The second-order valence-corrected chi connectivity index (χ2v) is 7.40. The summed E-state index contributed by atoms with van der Waals surface area (Å²) in [6.07, 6.45) is 8.29. The minimum atomic E-state index is 0.557. The van der Waals surface area contributed by atoms with Crippen molar-refractivity contribution in [1.82, 2.24) is 19.5 Å². The van der Waals surface area contributed by atoms with Gasteiger partial charge in [0.15, 0.2) is 0 Å². The fraction of sp³-hybridized carbons (Fsp3) is 0.120. The first-order valence-corrected chi connectivity index (χ1v) is 10.3. The Labute approximate surface area is 186 Å². The molecular weight excluding hydrogens is 408 g/mol. The lowest BCUT2D eigenvalue weighted by molar-refractivity contribution is 0.416. The molecule has 2 aromatic carbocycles. The fourth-order valence-corrected chi connectivity index (χ4v) is 3.62. The highest BCUT2D eigenvalue weighted by Gasteiger charge is 2.17. The van der Waals surface area contributed by atoms with Crippen LogP contribution in [0.25, 0.3) is 29.2 Å². The van der Waals surface area contributed by atoms with Crippen LogP contribution in [0.4, 0.5) is 0 Å². The van der Waals surface area contributed by atoms with E-state index >= 15 is 0 Å². The van der Waals surface area contributed by atoms with E-state index in [0.717, 1.165) is 45.7 Å². The van der Waals surface area contributed by atoms with Crippen molar-refractivity contribution in [3.05, 3.63) is 95.3 Å². The van der Waals surface area contributed by atoms with Gasteiger partial charge in [0.05, 0.1) is 29.8 Å². The molecule has 156 valence electrons. The number of halogens is 1. The fourth-order valence-electron chi connectivity index (χ4n) is 3.49. The van der Waals surface area contributed by atoms with E-state index in [1.165, 1.54) is 0 Å². The normalized spacial score (nSPS) is 11.2. The first kappa shape index (κ1) is 20.7. The zero-order valence-electron chi connectivity index (χ0n) is 17.5. The smallest absolute Gasteiger partial charge is 0.148 e. The first-order valence-electron chi connectivity index (χ1n) is 9.94. The molecule has 0 radical (unpaired) electrons. The number of ether oxygens (including phenoxy) is 1. The average molecular weight is 431 g/mol. The summed E-state index contributed by atoms with van der Waals surface area (Å²) in [6.45, 7) is 5.83. The highest BCUT2D eigenvalue weighted by atomic mass is 35.5. The number of rotatable bonds is 7. The Morgan fingerprint density at radius 3 is 2.61 bits per heavy atom. The second kappa shape index (κ2) is 9.06. The summed E-state index contributed by atoms with van der Waals surface area (Å²) in [4.78, 5) is 13.0. The molecule has 4 rings (SSSR count). The molecule has 2 heterocycles. The minimum absolute atomic E-state index is 0.557. The number of para-hydroxylation sites is 1. The van der Waals surface area contributed by atoms with Gasteiger partial charge >= 0.3 is 0 Å². The summed E-state index contributed by atoms with van der Waals surface area (Å²) in [5, 5.41) is 0.687. The molecular formula is C25H23ClN4O. The van der Waals surface area contributed by atoms with Crippen molar-refractivity contribution < 1.29 is 4.74 Å². The zero-order valence-corrected chi connectivity index (χ0v) is 18.2. The molecule has 0 aliphatic heterocycles. The Balaban J connectivity index is 1.80. The number of nitrogens with one attached hydrogen (secondary N) is 1. The number of H-pyrrole nitrogens is 1. The quantitative estimate of drug-likeness (QED) is 0.380. The van der Waals surface area contributed by atoms with Crippen LogP contribution in [0.3, 0.4) is 0 Å². The van der Waals surface area contributed by atoms with Gasteiger partial charge in [-0.05, 0) is 55.5 Å². The third-order valence-electron chi connectivity index (χ3n) is 4.89. The lowest BCUT2D eigenvalue weighted by Gasteiger charge is -2.11. The van der Waals surface area contributed by atoms with Gasteiger partial charge in [-0.2, -0.15) is 0 Å². The number of nitrogens with zero attached hydrogens (tertiary/aromatic N) is 3. The van der Waals surface area contributed by atoms with E-state index in [9.17, 15) is 0 Å². The molecule has 6 heteroatoms. The van der Waals surface area contributed by atoms with Gasteiger partial charge in [0.1, 0.15) is 17.4 Å². The molecule has 0 aliphatic rings. The third-order valence-corrected chi connectivity index (χ3v) is 5.15. The maximum atomic E-state index is 6.10. The highest BCUT2D eigenvalue weighted by Crippen LogP contribution is 2.31. The maximum Gasteiger partial charge on any atom is 0.148 e. The highest BCUT2D eigenvalue weighted by molar-refractivity contribution is 6.30. The Hall–Kier alpha value is -3.57. The lowest BCUT2D eigenvalue weighted by Crippen LogP contribution is -1.97. The molecule has 2 aromatic heterocycles. The van der Waals surface area contributed by atoms with Gasteiger partial charge in [-0.15, -0.1) is 0 Å². The van der Waals surface area contributed by atoms with Crippen LogP contribution in [0, 0.1) is 0 Å². The van der Waals surface area contributed by atoms with Crippen LogP contribution < -0.4 is 4.74 Å². The van der Waals surface area contributed by atoms with Crippen molar-refractivity contribution >= 4 is 23.8 Å². The molecule has 0 aliphatic carbocycles. The van der Waals surface area contributed by atoms with Crippen LogP contribution in [0.1, 0.15) is 29.8 Å². The van der Waals surface area contributed by atoms with E-state index in [2.05, 4.69) is 16.5 Å². The summed E-state index contributed by atoms with van der Waals surface area (Å²) in [6, 6.07) is 15.5. The van der Waals surface area contributed by atoms with Gasteiger partial charge in [0.25, 0.3) is 0 Å². The number of aromatic nitrogens is 4. The van der Waals surface area contributed by atoms with E-state index in [4.69, 9.17) is 21.3 Å². The summed E-state index contributed by atoms with van der Waals surface area (Å²) in [5.41, 5.74) is 4.52. The molecule has 0 bridgehead atoms. The van der Waals surface area contributed by atoms with E-state index in [-0.39, 0.29) is 0 Å². The maximum absolute atomic E-state index is 6.10. The predicted octanol–water partition coefficient (Wildman–Crippen LogP) is 6.19. The summed E-state index contributed by atoms with van der Waals surface area (Å²) in [5.74, 6) is 2.38. The van der Waals surface area contributed by atoms with Gasteiger partial charge in [-0.3, -0.25) is 4.57 Å². The van der Waals surface area contributed by atoms with Crippen molar-refractivity contribution in [2.75, 3.05) is 7.11 Å². The van der Waals surface area contributed by atoms with Gasteiger partial charge < -0.3 is 9.72 Å². The molecule has 1 N–H and O–H groups in total. The number of benzene rings is 2. The van der Waals surface area contributed by atoms with E-state index in [1.54, 1.807) is 13.2 Å². The largest absolute Gasteiger partial charge is 0.496 e. The lowest BCUT2D eigenvalue weighted by atomic mass is 10.2. The number of hydrogen-bond acceptors (Lipinski definition) is 3. The van der Waals surface area contributed by atoms with E-state index in [0.29, 0.717) is 11.4 Å². The molecule has 4 aromatic rings. The van der Waals surface area contributed by atoms with Crippen LogP contribution >= 0.6 is 11.6 Å². The topological polar surface area (TPSA) is 55.7 Å². The van der Waals surface area contributed by atoms with Crippen LogP contribution in [-0.4, -0.2) is 26.6 Å². The number of aromatic amines is 1. The standard InChI is InChI=1S/C25H23ClN4O/c1-4-8-22-21(5-2)28-24(29-22)15-18-16-30(19-13-11-17(26)12-14-19)25(27-18)20-9-6-7-10-23(20)31-3/h4-14,16H,2,15H2,1,3H3,(H,28,29)/b8-4-. The zero-order chi connectivity index (χ0) is 21.8. The minimum Gasteiger partial charge on any atom is -0.496 e. The summed E-state index contributed by atoms with van der Waals surface area (Å²) >= 11 is 6.10. The van der Waals surface area contributed by atoms with Crippen LogP contribution in [0.2, 0.25) is 5.02 Å². The Morgan fingerprint density at radius 1 is 1.13 bits per heavy atom. The molecule has 0 spiro atoms. The van der Waals surface area contributed by atoms with Crippen LogP contribution in [0.15, 0.2) is 67.4 Å². The van der Waals surface area contributed by atoms with E-state index < -0.39 is 0 Å². The molecule has 0 saturated heterocycles. The van der Waals surface area contributed by atoms with Crippen molar-refractivity contribution in [2.24, 2.45) is 0 Å². The Morgan fingerprint density at radius 2 is 1.90 bits per heavy atom. The van der Waals surface area contributed by atoms with E-state index in [1.807, 2.05) is 78.4 Å². The van der Waals surface area contributed by atoms with Crippen molar-refractivity contribution in [1.29, 1.82) is 0 Å². The summed E-state index contributed by atoms with van der Waals surface area (Å²) in [7, 11) is 1.66. The van der Waals surface area contributed by atoms with Crippen molar-refractivity contribution in [3.8, 4) is 22.8 Å². The molecule has 0 atom stereocenters. The average Bonchev–Trinajstić information content (AvgIpc) is 3.38. The molecule has 0 saturated carbocycles.